The molecular formula is C22H27N3O3. The van der Waals surface area contributed by atoms with E-state index >= 15 is 0 Å². The first kappa shape index (κ1) is 18.6. The van der Waals surface area contributed by atoms with Crippen molar-refractivity contribution in [2.45, 2.75) is 25.7 Å². The molecule has 1 saturated heterocycles. The monoisotopic (exact) mass is 381 g/mol. The van der Waals surface area contributed by atoms with E-state index in [2.05, 4.69) is 9.88 Å². The molecule has 148 valence electrons. The molecule has 0 aliphatic carbocycles. The Hall–Kier alpha value is -2.73. The summed E-state index contributed by atoms with van der Waals surface area (Å²) in [6.07, 6.45) is 8.75. The number of hydrogen-bond acceptors (Lipinski definition) is 4. The predicted octanol–water partition coefficient (Wildman–Crippen LogP) is 3.56. The molecule has 1 fully saturated rings. The van der Waals surface area contributed by atoms with E-state index in [4.69, 9.17) is 9.47 Å². The first-order chi connectivity index (χ1) is 13.7. The Morgan fingerprint density at radius 2 is 1.93 bits per heavy atom. The molecule has 0 unspecified atom stereocenters. The van der Waals surface area contributed by atoms with Crippen LogP contribution in [0.3, 0.4) is 0 Å². The van der Waals surface area contributed by atoms with Gasteiger partial charge in [0.15, 0.2) is 0 Å². The molecular weight excluding hydrogens is 354 g/mol. The van der Waals surface area contributed by atoms with Crippen molar-refractivity contribution < 1.29 is 9.47 Å². The number of piperidine rings is 1. The fraction of sp³-hybridized carbons (Fsp3) is 0.409. The highest BCUT2D eigenvalue weighted by molar-refractivity contribution is 5.63. The molecule has 6 nitrogen and oxygen atoms in total. The smallest absolute Gasteiger partial charge is 0.272 e. The zero-order valence-corrected chi connectivity index (χ0v) is 16.3. The lowest BCUT2D eigenvalue weighted by molar-refractivity contribution is 0.205. The van der Waals surface area contributed by atoms with Crippen LogP contribution in [0.1, 0.15) is 25.7 Å². The maximum absolute atomic E-state index is 12.5. The summed E-state index contributed by atoms with van der Waals surface area (Å²) in [7, 11) is 1.63. The summed E-state index contributed by atoms with van der Waals surface area (Å²) in [5.74, 6) is 1.48. The van der Waals surface area contributed by atoms with Crippen LogP contribution in [-0.2, 0) is 0 Å². The minimum atomic E-state index is -0.136. The van der Waals surface area contributed by atoms with Crippen molar-refractivity contribution in [3.63, 3.8) is 0 Å². The van der Waals surface area contributed by atoms with E-state index in [0.717, 1.165) is 35.7 Å². The third-order valence-corrected chi connectivity index (χ3v) is 5.29. The number of hydrogen-bond donors (Lipinski definition) is 1. The number of fused-ring (bicyclic) bond motifs is 1. The normalized spacial score (nSPS) is 15.0. The second kappa shape index (κ2) is 8.52. The van der Waals surface area contributed by atoms with Gasteiger partial charge >= 0.3 is 0 Å². The molecule has 1 N–H and O–H groups in total. The van der Waals surface area contributed by atoms with Gasteiger partial charge < -0.3 is 23.8 Å². The molecule has 0 amide bonds. The maximum Gasteiger partial charge on any atom is 0.272 e. The largest absolute Gasteiger partial charge is 0.497 e. The van der Waals surface area contributed by atoms with Crippen molar-refractivity contribution >= 4 is 5.52 Å². The minimum absolute atomic E-state index is 0.136. The second-order valence-corrected chi connectivity index (χ2v) is 7.30. The summed E-state index contributed by atoms with van der Waals surface area (Å²) >= 11 is 0. The highest BCUT2D eigenvalue weighted by atomic mass is 16.5. The number of H-pyrrole nitrogens is 1. The lowest BCUT2D eigenvalue weighted by Gasteiger charge is -2.26. The van der Waals surface area contributed by atoms with Gasteiger partial charge in [-0.25, -0.2) is 0 Å². The quantitative estimate of drug-likeness (QED) is 0.636. The molecule has 0 atom stereocenters. The molecule has 2 aromatic heterocycles. The zero-order valence-electron chi connectivity index (χ0n) is 16.3. The van der Waals surface area contributed by atoms with Crippen LogP contribution in [0.25, 0.3) is 16.8 Å². The number of aromatic amines is 1. The van der Waals surface area contributed by atoms with Gasteiger partial charge in [-0.2, -0.15) is 0 Å². The molecule has 6 heteroatoms. The van der Waals surface area contributed by atoms with Crippen molar-refractivity contribution in [1.29, 1.82) is 0 Å². The fourth-order valence-corrected chi connectivity index (χ4v) is 3.78. The minimum Gasteiger partial charge on any atom is -0.497 e. The highest BCUT2D eigenvalue weighted by Gasteiger charge is 2.10. The topological polar surface area (TPSA) is 59.0 Å². The van der Waals surface area contributed by atoms with Crippen LogP contribution in [0, 0.1) is 0 Å². The summed E-state index contributed by atoms with van der Waals surface area (Å²) in [5.41, 5.74) is 2.08. The first-order valence-corrected chi connectivity index (χ1v) is 9.97. The van der Waals surface area contributed by atoms with Crippen molar-refractivity contribution in [2.75, 3.05) is 33.4 Å². The number of benzene rings is 1. The maximum atomic E-state index is 12.5. The Morgan fingerprint density at radius 3 is 2.75 bits per heavy atom. The van der Waals surface area contributed by atoms with Crippen LogP contribution in [0.15, 0.2) is 47.5 Å². The molecule has 0 spiro atoms. The Kier molecular flexibility index (Phi) is 5.67. The standard InChI is InChI=1S/C22H27N3O3/c1-27-18-8-5-7-17(13-18)20-16-25-15-19(14-21(25)22(26)23-20)28-12-6-11-24-9-3-2-4-10-24/h5,7-8,13-16H,2-4,6,9-12H2,1H3,(H,23,26). The number of methoxy groups -OCH3 is 1. The SMILES string of the molecule is COc1cccc(-c2cn3cc(OCCCN4CCCCC4)cc3c(=O)[nH]2)c1. The van der Waals surface area contributed by atoms with E-state index < -0.39 is 0 Å². The van der Waals surface area contributed by atoms with Crippen molar-refractivity contribution in [2.24, 2.45) is 0 Å². The summed E-state index contributed by atoms with van der Waals surface area (Å²) < 4.78 is 13.0. The molecule has 3 heterocycles. The molecule has 1 aliphatic rings. The van der Waals surface area contributed by atoms with Gasteiger partial charge in [-0.05, 0) is 44.5 Å². The second-order valence-electron chi connectivity index (χ2n) is 7.30. The van der Waals surface area contributed by atoms with E-state index in [0.29, 0.717) is 12.1 Å². The van der Waals surface area contributed by atoms with Crippen molar-refractivity contribution in [3.05, 3.63) is 53.1 Å². The summed E-state index contributed by atoms with van der Waals surface area (Å²) in [6.45, 7) is 4.15. The Morgan fingerprint density at radius 1 is 1.07 bits per heavy atom. The number of ether oxygens (including phenoxy) is 2. The van der Waals surface area contributed by atoms with Crippen LogP contribution < -0.4 is 15.0 Å². The Labute approximate surface area is 164 Å². The van der Waals surface area contributed by atoms with Gasteiger partial charge in [0, 0.05) is 24.4 Å². The van der Waals surface area contributed by atoms with Gasteiger partial charge in [0.2, 0.25) is 0 Å². The van der Waals surface area contributed by atoms with Crippen LogP contribution >= 0.6 is 0 Å². The lowest BCUT2D eigenvalue weighted by atomic mass is 10.1. The number of nitrogens with one attached hydrogen (secondary N) is 1. The third-order valence-electron chi connectivity index (χ3n) is 5.29. The number of nitrogens with zero attached hydrogens (tertiary/aromatic N) is 2. The Balaban J connectivity index is 1.44. The number of likely N-dealkylation sites (tertiary alicyclic amines) is 1. The van der Waals surface area contributed by atoms with E-state index in [9.17, 15) is 4.79 Å². The van der Waals surface area contributed by atoms with Gasteiger partial charge in [-0.3, -0.25) is 4.79 Å². The average Bonchev–Trinajstić information content (AvgIpc) is 3.15. The van der Waals surface area contributed by atoms with E-state index in [-0.39, 0.29) is 5.56 Å². The molecule has 28 heavy (non-hydrogen) atoms. The lowest BCUT2D eigenvalue weighted by Crippen LogP contribution is -2.31. The molecule has 4 rings (SSSR count). The van der Waals surface area contributed by atoms with Gasteiger partial charge in [-0.1, -0.05) is 18.6 Å². The predicted molar refractivity (Wildman–Crippen MR) is 110 cm³/mol. The van der Waals surface area contributed by atoms with Crippen LogP contribution in [0.5, 0.6) is 11.5 Å². The first-order valence-electron chi connectivity index (χ1n) is 9.97. The molecule has 1 aliphatic heterocycles. The van der Waals surface area contributed by atoms with Crippen LogP contribution in [-0.4, -0.2) is 47.6 Å². The molecule has 1 aromatic carbocycles. The van der Waals surface area contributed by atoms with Gasteiger partial charge in [-0.15, -0.1) is 0 Å². The van der Waals surface area contributed by atoms with Crippen LogP contribution in [0.2, 0.25) is 0 Å². The molecule has 0 saturated carbocycles. The summed E-state index contributed by atoms with van der Waals surface area (Å²) in [5, 5.41) is 0. The third kappa shape index (κ3) is 4.22. The number of aromatic nitrogens is 2. The van der Waals surface area contributed by atoms with E-state index in [1.54, 1.807) is 13.2 Å². The van der Waals surface area contributed by atoms with Crippen molar-refractivity contribution in [1.82, 2.24) is 14.3 Å². The summed E-state index contributed by atoms with van der Waals surface area (Å²) in [6, 6.07) is 9.43. The zero-order chi connectivity index (χ0) is 19.3. The number of rotatable bonds is 7. The van der Waals surface area contributed by atoms with Gasteiger partial charge in [0.05, 0.1) is 25.6 Å². The fourth-order valence-electron chi connectivity index (χ4n) is 3.78. The highest BCUT2D eigenvalue weighted by Crippen LogP contribution is 2.23. The van der Waals surface area contributed by atoms with Gasteiger partial charge in [0.1, 0.15) is 17.0 Å². The summed E-state index contributed by atoms with van der Waals surface area (Å²) in [4.78, 5) is 18.0. The van der Waals surface area contributed by atoms with Gasteiger partial charge in [0.25, 0.3) is 5.56 Å². The molecule has 0 bridgehead atoms. The van der Waals surface area contributed by atoms with E-state index in [1.165, 1.54) is 32.4 Å². The molecule has 0 radical (unpaired) electrons. The van der Waals surface area contributed by atoms with Crippen LogP contribution in [0.4, 0.5) is 0 Å². The average molecular weight is 381 g/mol. The van der Waals surface area contributed by atoms with Crippen molar-refractivity contribution in [3.8, 4) is 22.8 Å². The molecule has 3 aromatic rings. The Bertz CT molecular complexity index is 986. The van der Waals surface area contributed by atoms with E-state index in [1.807, 2.05) is 41.1 Å².